The lowest BCUT2D eigenvalue weighted by Gasteiger charge is -2.21. The number of carbonyl (C=O) groups excluding carboxylic acids is 1. The number of ether oxygens (including phenoxy) is 1. The number of allylic oxidation sites excluding steroid dienone is 6. The SMILES string of the molecule is CCCCC/C=C\C/C=C\CCCCCCCCOC(CC(=O)CCCCCCC/C=C\CCCCCCCC)CN(C)C. The van der Waals surface area contributed by atoms with Crippen molar-refractivity contribution in [3.63, 3.8) is 0 Å². The summed E-state index contributed by atoms with van der Waals surface area (Å²) in [5.74, 6) is 0.381. The van der Waals surface area contributed by atoms with Crippen LogP contribution >= 0.6 is 0 Å². The Morgan fingerprint density at radius 2 is 0.955 bits per heavy atom. The summed E-state index contributed by atoms with van der Waals surface area (Å²) in [6.45, 7) is 6.16. The maximum Gasteiger partial charge on any atom is 0.135 e. The fraction of sp³-hybridized carbons (Fsp3) is 0.829. The van der Waals surface area contributed by atoms with E-state index in [1.54, 1.807) is 0 Å². The second kappa shape index (κ2) is 36.3. The third kappa shape index (κ3) is 35.3. The van der Waals surface area contributed by atoms with Crippen molar-refractivity contribution in [2.75, 3.05) is 27.2 Å². The van der Waals surface area contributed by atoms with Gasteiger partial charge in [-0.1, -0.05) is 140 Å². The minimum Gasteiger partial charge on any atom is -0.376 e. The van der Waals surface area contributed by atoms with Gasteiger partial charge >= 0.3 is 0 Å². The number of hydrogen-bond acceptors (Lipinski definition) is 3. The van der Waals surface area contributed by atoms with Gasteiger partial charge < -0.3 is 9.64 Å². The Morgan fingerprint density at radius 3 is 1.48 bits per heavy atom. The first-order chi connectivity index (χ1) is 21.6. The standard InChI is InChI=1S/C41H77NO2/c1-5-7-9-11-13-15-17-19-21-23-25-27-29-31-33-35-37-44-41(39-42(3)4)38-40(43)36-34-32-30-28-26-24-22-20-18-16-14-12-10-8-6-2/h13,15,19-22,41H,5-12,14,16-18,23-39H2,1-4H3/b15-13-,21-19-,22-20-. The Hall–Kier alpha value is -1.19. The van der Waals surface area contributed by atoms with Crippen LogP contribution in [-0.4, -0.2) is 44.0 Å². The van der Waals surface area contributed by atoms with E-state index in [1.807, 2.05) is 0 Å². The molecule has 3 heteroatoms. The van der Waals surface area contributed by atoms with Crippen LogP contribution in [-0.2, 0) is 9.53 Å². The molecule has 0 bridgehead atoms. The number of unbranched alkanes of at least 4 members (excludes halogenated alkanes) is 20. The fourth-order valence-electron chi connectivity index (χ4n) is 5.67. The minimum absolute atomic E-state index is 0.0404. The number of likely N-dealkylation sites (N-methyl/N-ethyl adjacent to an activating group) is 1. The Bertz CT molecular complexity index is 666. The summed E-state index contributed by atoms with van der Waals surface area (Å²) < 4.78 is 6.19. The average molecular weight is 616 g/mol. The molecule has 0 aliphatic carbocycles. The third-order valence-corrected chi connectivity index (χ3v) is 8.44. The largest absolute Gasteiger partial charge is 0.376 e. The molecule has 258 valence electrons. The zero-order chi connectivity index (χ0) is 32.2. The molecule has 0 aliphatic rings. The molecule has 0 N–H and O–H groups in total. The molecule has 0 aromatic carbocycles. The van der Waals surface area contributed by atoms with Crippen molar-refractivity contribution < 1.29 is 9.53 Å². The molecule has 0 spiro atoms. The maximum atomic E-state index is 12.6. The van der Waals surface area contributed by atoms with E-state index < -0.39 is 0 Å². The van der Waals surface area contributed by atoms with Crippen molar-refractivity contribution in [2.24, 2.45) is 0 Å². The summed E-state index contributed by atoms with van der Waals surface area (Å²) in [6, 6.07) is 0. The molecule has 0 amide bonds. The van der Waals surface area contributed by atoms with Crippen LogP contribution in [0.5, 0.6) is 0 Å². The first-order valence-corrected chi connectivity index (χ1v) is 19.3. The molecule has 0 aromatic rings. The first kappa shape index (κ1) is 42.8. The van der Waals surface area contributed by atoms with Crippen LogP contribution in [0.2, 0.25) is 0 Å². The van der Waals surface area contributed by atoms with E-state index in [1.165, 1.54) is 141 Å². The second-order valence-electron chi connectivity index (χ2n) is 13.4. The van der Waals surface area contributed by atoms with Gasteiger partial charge in [0.2, 0.25) is 0 Å². The number of Topliss-reactive ketones (excluding diaryl/α,β-unsaturated/α-hetero) is 1. The lowest BCUT2D eigenvalue weighted by atomic mass is 10.0. The van der Waals surface area contributed by atoms with Crippen molar-refractivity contribution in [2.45, 2.75) is 193 Å². The number of hydrogen-bond donors (Lipinski definition) is 0. The number of nitrogens with zero attached hydrogens (tertiary/aromatic N) is 1. The molecule has 0 saturated heterocycles. The predicted octanol–water partition coefficient (Wildman–Crippen LogP) is 12.7. The number of ketones is 1. The molecule has 44 heavy (non-hydrogen) atoms. The number of carbonyl (C=O) groups is 1. The maximum absolute atomic E-state index is 12.6. The molecule has 0 radical (unpaired) electrons. The highest BCUT2D eigenvalue weighted by Gasteiger charge is 2.15. The molecule has 0 aliphatic heterocycles. The summed E-state index contributed by atoms with van der Waals surface area (Å²) in [5, 5.41) is 0. The van der Waals surface area contributed by atoms with Crippen LogP contribution in [0.3, 0.4) is 0 Å². The summed E-state index contributed by atoms with van der Waals surface area (Å²) in [4.78, 5) is 14.8. The molecule has 0 aromatic heterocycles. The van der Waals surface area contributed by atoms with Crippen LogP contribution in [0.4, 0.5) is 0 Å². The van der Waals surface area contributed by atoms with E-state index in [-0.39, 0.29) is 6.10 Å². The average Bonchev–Trinajstić information content (AvgIpc) is 3.00. The van der Waals surface area contributed by atoms with Gasteiger partial charge in [-0.3, -0.25) is 4.79 Å². The smallest absolute Gasteiger partial charge is 0.135 e. The monoisotopic (exact) mass is 616 g/mol. The Morgan fingerprint density at radius 1 is 0.545 bits per heavy atom. The van der Waals surface area contributed by atoms with E-state index in [9.17, 15) is 4.79 Å². The van der Waals surface area contributed by atoms with E-state index >= 15 is 0 Å². The predicted molar refractivity (Wildman–Crippen MR) is 197 cm³/mol. The minimum atomic E-state index is 0.0404. The molecule has 3 nitrogen and oxygen atoms in total. The van der Waals surface area contributed by atoms with Crippen LogP contribution in [0.1, 0.15) is 187 Å². The zero-order valence-corrected chi connectivity index (χ0v) is 30.3. The summed E-state index contributed by atoms with van der Waals surface area (Å²) in [6.07, 6.45) is 47.3. The molecular formula is C41H77NO2. The molecular weight excluding hydrogens is 538 g/mol. The zero-order valence-electron chi connectivity index (χ0n) is 30.3. The molecule has 0 rings (SSSR count). The summed E-state index contributed by atoms with van der Waals surface area (Å²) >= 11 is 0. The molecule has 1 atom stereocenters. The summed E-state index contributed by atoms with van der Waals surface area (Å²) in [5.41, 5.74) is 0. The van der Waals surface area contributed by atoms with Gasteiger partial charge in [-0.25, -0.2) is 0 Å². The molecule has 0 fully saturated rings. The Kier molecular flexibility index (Phi) is 35.3. The van der Waals surface area contributed by atoms with Crippen LogP contribution in [0, 0.1) is 0 Å². The first-order valence-electron chi connectivity index (χ1n) is 19.3. The Labute approximate surface area is 276 Å². The van der Waals surface area contributed by atoms with Gasteiger partial charge in [-0.15, -0.1) is 0 Å². The van der Waals surface area contributed by atoms with Crippen molar-refractivity contribution in [1.29, 1.82) is 0 Å². The fourth-order valence-corrected chi connectivity index (χ4v) is 5.67. The third-order valence-electron chi connectivity index (χ3n) is 8.44. The van der Waals surface area contributed by atoms with Gasteiger partial charge in [0.25, 0.3) is 0 Å². The lowest BCUT2D eigenvalue weighted by Crippen LogP contribution is -2.30. The lowest BCUT2D eigenvalue weighted by molar-refractivity contribution is -0.122. The second-order valence-corrected chi connectivity index (χ2v) is 13.4. The van der Waals surface area contributed by atoms with E-state index in [0.29, 0.717) is 12.2 Å². The highest BCUT2D eigenvalue weighted by Crippen LogP contribution is 2.13. The molecule has 1 unspecified atom stereocenters. The van der Waals surface area contributed by atoms with Gasteiger partial charge in [0, 0.05) is 26.0 Å². The van der Waals surface area contributed by atoms with Gasteiger partial charge in [-0.2, -0.15) is 0 Å². The van der Waals surface area contributed by atoms with Crippen molar-refractivity contribution in [3.05, 3.63) is 36.5 Å². The quantitative estimate of drug-likeness (QED) is 0.0524. The van der Waals surface area contributed by atoms with Crippen molar-refractivity contribution in [1.82, 2.24) is 4.90 Å². The topological polar surface area (TPSA) is 29.5 Å². The van der Waals surface area contributed by atoms with E-state index in [2.05, 4.69) is 69.3 Å². The van der Waals surface area contributed by atoms with Crippen LogP contribution in [0.25, 0.3) is 0 Å². The molecule has 0 heterocycles. The van der Waals surface area contributed by atoms with Crippen molar-refractivity contribution >= 4 is 5.78 Å². The van der Waals surface area contributed by atoms with Gasteiger partial charge in [-0.05, 0) is 84.7 Å². The van der Waals surface area contributed by atoms with Crippen molar-refractivity contribution in [3.8, 4) is 0 Å². The van der Waals surface area contributed by atoms with Crippen LogP contribution < -0.4 is 0 Å². The molecule has 0 saturated carbocycles. The highest BCUT2D eigenvalue weighted by atomic mass is 16.5. The highest BCUT2D eigenvalue weighted by molar-refractivity contribution is 5.78. The van der Waals surface area contributed by atoms with E-state index in [4.69, 9.17) is 4.74 Å². The summed E-state index contributed by atoms with van der Waals surface area (Å²) in [7, 11) is 4.15. The van der Waals surface area contributed by atoms with Crippen LogP contribution in [0.15, 0.2) is 36.5 Å². The normalized spacial score (nSPS) is 12.9. The van der Waals surface area contributed by atoms with Gasteiger partial charge in [0.05, 0.1) is 6.10 Å². The van der Waals surface area contributed by atoms with Gasteiger partial charge in [0.1, 0.15) is 5.78 Å². The van der Waals surface area contributed by atoms with Gasteiger partial charge in [0.15, 0.2) is 0 Å². The Balaban J connectivity index is 3.70. The number of rotatable bonds is 35. The van der Waals surface area contributed by atoms with E-state index in [0.717, 1.165) is 38.8 Å².